The van der Waals surface area contributed by atoms with Gasteiger partial charge in [-0.3, -0.25) is 0 Å². The van der Waals surface area contributed by atoms with Crippen molar-refractivity contribution >= 4 is 16.7 Å². The van der Waals surface area contributed by atoms with Gasteiger partial charge in [0.25, 0.3) is 0 Å². The molecule has 0 N–H and O–H groups in total. The summed E-state index contributed by atoms with van der Waals surface area (Å²) in [6.45, 7) is 12.3. The van der Waals surface area contributed by atoms with Crippen molar-refractivity contribution in [2.24, 2.45) is 0 Å². The fraction of sp³-hybridized carbons (Fsp3) is 1.00. The van der Waals surface area contributed by atoms with E-state index in [1.165, 1.54) is 39.0 Å². The Morgan fingerprint density at radius 3 is 1.92 bits per heavy atom. The van der Waals surface area contributed by atoms with Gasteiger partial charge in [-0.05, 0) is 0 Å². The van der Waals surface area contributed by atoms with Gasteiger partial charge in [-0.15, -0.1) is 0 Å². The maximum absolute atomic E-state index is 2.80. The van der Waals surface area contributed by atoms with E-state index in [4.69, 9.17) is 0 Å². The maximum atomic E-state index is 2.80. The van der Waals surface area contributed by atoms with Gasteiger partial charge in [-0.2, -0.15) is 0 Å². The zero-order chi connectivity index (χ0) is 9.68. The summed E-state index contributed by atoms with van der Waals surface area (Å²) in [5.74, 6) is 0. The standard InChI is InChI=1S/C6H14N2.C4H9.Ga/c1-3-7-5-6-8-4-2;1-3-4-2;/h3-6H2,1-2H3;1,3-4H2,2H3;/q-2;;+2. The SMILES string of the molecule is CCC[CH2][Ga]1[N](CC)CC[N]1CC. The zero-order valence-electron chi connectivity index (χ0n) is 9.42. The van der Waals surface area contributed by atoms with Crippen molar-refractivity contribution in [2.75, 3.05) is 26.2 Å². The quantitative estimate of drug-likeness (QED) is 0.678. The predicted molar refractivity (Wildman–Crippen MR) is 60.0 cm³/mol. The van der Waals surface area contributed by atoms with E-state index in [1.54, 1.807) is 4.98 Å². The molecule has 0 bridgehead atoms. The zero-order valence-corrected chi connectivity index (χ0v) is 11.8. The third-order valence-electron chi connectivity index (χ3n) is 3.15. The van der Waals surface area contributed by atoms with Crippen molar-refractivity contribution in [2.45, 2.75) is 38.6 Å². The Balaban J connectivity index is 2.41. The number of likely N-dealkylation sites (N-methyl/N-ethyl adjacent to an activating group) is 2. The Labute approximate surface area is 88.8 Å². The monoisotopic (exact) mass is 240 g/mol. The van der Waals surface area contributed by atoms with Gasteiger partial charge in [-0.1, -0.05) is 0 Å². The molecule has 0 aromatic rings. The fourth-order valence-electron chi connectivity index (χ4n) is 2.28. The molecule has 13 heavy (non-hydrogen) atoms. The first-order chi connectivity index (χ1) is 6.33. The molecule has 2 nitrogen and oxygen atoms in total. The number of rotatable bonds is 5. The second-order valence-electron chi connectivity index (χ2n) is 3.88. The Hall–Kier alpha value is 0.556. The van der Waals surface area contributed by atoms with Crippen molar-refractivity contribution in [3.05, 3.63) is 0 Å². The van der Waals surface area contributed by atoms with Crippen LogP contribution in [0.25, 0.3) is 0 Å². The van der Waals surface area contributed by atoms with Gasteiger partial charge < -0.3 is 0 Å². The number of hydrogen-bond acceptors (Lipinski definition) is 2. The number of unbranched alkanes of at least 4 members (excludes halogenated alkanes) is 1. The van der Waals surface area contributed by atoms with Crippen LogP contribution < -0.4 is 0 Å². The Bertz CT molecular complexity index is 129. The molecular weight excluding hydrogens is 218 g/mol. The van der Waals surface area contributed by atoms with Gasteiger partial charge in [-0.25, -0.2) is 0 Å². The molecule has 3 heteroatoms. The van der Waals surface area contributed by atoms with E-state index in [-0.39, 0.29) is 0 Å². The molecule has 0 aromatic heterocycles. The molecule has 1 fully saturated rings. The van der Waals surface area contributed by atoms with Gasteiger partial charge in [0, 0.05) is 0 Å². The molecule has 1 saturated heterocycles. The van der Waals surface area contributed by atoms with Crippen molar-refractivity contribution < 1.29 is 0 Å². The van der Waals surface area contributed by atoms with E-state index < -0.39 is 16.7 Å². The first kappa shape index (κ1) is 11.6. The van der Waals surface area contributed by atoms with Gasteiger partial charge in [0.2, 0.25) is 0 Å². The average Bonchev–Trinajstić information content (AvgIpc) is 2.56. The molecule has 1 rings (SSSR count). The molecule has 1 aliphatic rings. The Kier molecular flexibility index (Phi) is 5.47. The van der Waals surface area contributed by atoms with Crippen LogP contribution in [0, 0.1) is 0 Å². The summed E-state index contributed by atoms with van der Waals surface area (Å²) < 4.78 is 5.60. The summed E-state index contributed by atoms with van der Waals surface area (Å²) in [5, 5.41) is 0. The molecule has 0 unspecified atom stereocenters. The molecular formula is C10H23GaN2. The van der Waals surface area contributed by atoms with E-state index in [9.17, 15) is 0 Å². The van der Waals surface area contributed by atoms with Crippen LogP contribution in [-0.4, -0.2) is 50.1 Å². The average molecular weight is 241 g/mol. The van der Waals surface area contributed by atoms with Crippen molar-refractivity contribution in [1.82, 2.24) is 7.21 Å². The summed E-state index contributed by atoms with van der Waals surface area (Å²) in [6, 6.07) is 0. The first-order valence-corrected chi connectivity index (χ1v) is 9.69. The fourth-order valence-corrected chi connectivity index (χ4v) is 9.90. The molecule has 0 atom stereocenters. The van der Waals surface area contributed by atoms with E-state index in [0.717, 1.165) is 0 Å². The van der Waals surface area contributed by atoms with Crippen LogP contribution in [-0.2, 0) is 0 Å². The van der Waals surface area contributed by atoms with E-state index >= 15 is 0 Å². The minimum atomic E-state index is -1.15. The van der Waals surface area contributed by atoms with E-state index in [2.05, 4.69) is 28.0 Å². The molecule has 0 saturated carbocycles. The van der Waals surface area contributed by atoms with Gasteiger partial charge in [0.1, 0.15) is 0 Å². The third kappa shape index (κ3) is 3.01. The number of nitrogens with zero attached hydrogens (tertiary/aromatic N) is 2. The first-order valence-electron chi connectivity index (χ1n) is 5.81. The van der Waals surface area contributed by atoms with Crippen LogP contribution in [0.15, 0.2) is 0 Å². The summed E-state index contributed by atoms with van der Waals surface area (Å²) in [6.07, 6.45) is 2.83. The second-order valence-corrected chi connectivity index (χ2v) is 10.2. The molecule has 0 amide bonds. The van der Waals surface area contributed by atoms with E-state index in [1.807, 2.05) is 0 Å². The topological polar surface area (TPSA) is 6.48 Å². The van der Waals surface area contributed by atoms with Crippen LogP contribution in [0.2, 0.25) is 4.98 Å². The Morgan fingerprint density at radius 1 is 1.00 bits per heavy atom. The Morgan fingerprint density at radius 2 is 1.54 bits per heavy atom. The molecule has 1 aliphatic heterocycles. The summed E-state index contributed by atoms with van der Waals surface area (Å²) in [7, 11) is 0. The van der Waals surface area contributed by atoms with E-state index in [0.29, 0.717) is 0 Å². The second kappa shape index (κ2) is 6.12. The molecule has 0 spiro atoms. The van der Waals surface area contributed by atoms with Crippen LogP contribution >= 0.6 is 0 Å². The van der Waals surface area contributed by atoms with Crippen molar-refractivity contribution in [3.63, 3.8) is 0 Å². The van der Waals surface area contributed by atoms with Gasteiger partial charge >= 0.3 is 88.7 Å². The number of hydrogen-bond donors (Lipinski definition) is 0. The molecule has 1 heterocycles. The van der Waals surface area contributed by atoms with Gasteiger partial charge in [0.05, 0.1) is 0 Å². The van der Waals surface area contributed by atoms with Gasteiger partial charge in [0.15, 0.2) is 0 Å². The summed E-state index contributed by atoms with van der Waals surface area (Å²) in [4.78, 5) is 1.55. The van der Waals surface area contributed by atoms with Crippen molar-refractivity contribution in [3.8, 4) is 0 Å². The summed E-state index contributed by atoms with van der Waals surface area (Å²) in [5.41, 5.74) is 0. The normalized spacial score (nSPS) is 20.1. The molecule has 76 valence electrons. The van der Waals surface area contributed by atoms with Crippen LogP contribution in [0.5, 0.6) is 0 Å². The minimum absolute atomic E-state index is 1.15. The van der Waals surface area contributed by atoms with Crippen LogP contribution in [0.1, 0.15) is 33.6 Å². The molecule has 0 aromatic carbocycles. The van der Waals surface area contributed by atoms with Crippen molar-refractivity contribution in [1.29, 1.82) is 0 Å². The van der Waals surface area contributed by atoms with Crippen LogP contribution in [0.4, 0.5) is 0 Å². The predicted octanol–water partition coefficient (Wildman–Crippen LogP) is 1.93. The molecule has 0 aliphatic carbocycles. The molecule has 0 radical (unpaired) electrons. The third-order valence-corrected chi connectivity index (χ3v) is 11.2. The summed E-state index contributed by atoms with van der Waals surface area (Å²) >= 11 is -1.15. The van der Waals surface area contributed by atoms with Crippen LogP contribution in [0.3, 0.4) is 0 Å².